The minimum atomic E-state index is -3.79. The van der Waals surface area contributed by atoms with E-state index in [-0.39, 0.29) is 25.1 Å². The molecule has 0 unspecified atom stereocenters. The molecule has 14 heteroatoms. The number of unbranched alkanes of at least 4 members (excludes halogenated alkanes) is 1. The Morgan fingerprint density at radius 2 is 2.03 bits per heavy atom. The highest BCUT2D eigenvalue weighted by Crippen LogP contribution is 2.47. The zero-order chi connectivity index (χ0) is 25.6. The second-order valence-electron chi connectivity index (χ2n) is 9.93. The van der Waals surface area contributed by atoms with Crippen molar-refractivity contribution in [3.8, 4) is 6.07 Å². The molecule has 36 heavy (non-hydrogen) atoms. The van der Waals surface area contributed by atoms with Crippen molar-refractivity contribution in [3.05, 3.63) is 18.6 Å². The van der Waals surface area contributed by atoms with Crippen LogP contribution in [0.4, 0.5) is 5.82 Å². The van der Waals surface area contributed by atoms with Gasteiger partial charge in [0.1, 0.15) is 17.8 Å². The summed E-state index contributed by atoms with van der Waals surface area (Å²) in [4.78, 5) is 14.0. The minimum Gasteiger partial charge on any atom is -0.353 e. The van der Waals surface area contributed by atoms with E-state index in [4.69, 9.17) is 5.26 Å². The van der Waals surface area contributed by atoms with Crippen molar-refractivity contribution in [2.75, 3.05) is 50.4 Å². The number of sulfonamides is 1. The maximum Gasteiger partial charge on any atom is 0.282 e. The highest BCUT2D eigenvalue weighted by atomic mass is 32.2. The topological polar surface area (TPSA) is 147 Å². The van der Waals surface area contributed by atoms with Gasteiger partial charge in [-0.3, -0.25) is 0 Å². The van der Waals surface area contributed by atoms with Crippen LogP contribution >= 0.6 is 0 Å². The third-order valence-electron chi connectivity index (χ3n) is 7.56. The molecule has 12 nitrogen and oxygen atoms in total. The van der Waals surface area contributed by atoms with Crippen molar-refractivity contribution in [2.24, 2.45) is 0 Å². The fourth-order valence-electron chi connectivity index (χ4n) is 5.53. The van der Waals surface area contributed by atoms with E-state index in [1.165, 1.54) is 14.9 Å². The van der Waals surface area contributed by atoms with Gasteiger partial charge in [0.15, 0.2) is 0 Å². The molecule has 1 N–H and O–H groups in total. The SMILES string of the molecule is CN(C[C@H]1CCCN1S(=O)(=O)CCCC#N)S(=O)(=O)N1CCN(c2ncnc3[nH]ccc23)CC12CC2. The van der Waals surface area contributed by atoms with E-state index in [2.05, 4.69) is 19.9 Å². The second kappa shape index (κ2) is 9.53. The summed E-state index contributed by atoms with van der Waals surface area (Å²) in [6.07, 6.45) is 6.69. The summed E-state index contributed by atoms with van der Waals surface area (Å²) in [5, 5.41) is 9.65. The molecule has 0 amide bonds. The minimum absolute atomic E-state index is 0.0873. The van der Waals surface area contributed by atoms with Crippen LogP contribution in [-0.4, -0.2) is 102 Å². The van der Waals surface area contributed by atoms with Gasteiger partial charge in [0, 0.05) is 58.4 Å². The second-order valence-corrected chi connectivity index (χ2v) is 13.9. The molecule has 4 heterocycles. The summed E-state index contributed by atoms with van der Waals surface area (Å²) < 4.78 is 57.5. The fraction of sp³-hybridized carbons (Fsp3) is 0.682. The Hall–Kier alpha value is -2.31. The summed E-state index contributed by atoms with van der Waals surface area (Å²) in [6.45, 7) is 1.91. The summed E-state index contributed by atoms with van der Waals surface area (Å²) in [7, 11) is -5.77. The molecule has 2 aromatic heterocycles. The fourth-order valence-corrected chi connectivity index (χ4v) is 9.05. The molecule has 1 atom stereocenters. The van der Waals surface area contributed by atoms with Crippen molar-refractivity contribution in [1.29, 1.82) is 5.26 Å². The standard InChI is InChI=1S/C22H32N8O4S2/c1-27(15-18-5-4-11-29(18)35(31,32)14-3-2-9-23)36(33,34)30-13-12-28(16-22(30)7-8-22)21-19-6-10-24-20(19)25-17-26-21/h6,10,17-18H,2-5,7-8,11-16H2,1H3,(H,24,25,26)/t18-/m1/s1. The first kappa shape index (κ1) is 25.3. The number of anilines is 1. The van der Waals surface area contributed by atoms with Gasteiger partial charge >= 0.3 is 0 Å². The van der Waals surface area contributed by atoms with E-state index < -0.39 is 31.8 Å². The molecule has 5 rings (SSSR count). The van der Waals surface area contributed by atoms with Crippen molar-refractivity contribution >= 4 is 37.1 Å². The quantitative estimate of drug-likeness (QED) is 0.465. The van der Waals surface area contributed by atoms with Crippen molar-refractivity contribution in [1.82, 2.24) is 27.9 Å². The van der Waals surface area contributed by atoms with Crippen LogP contribution in [0.15, 0.2) is 18.6 Å². The van der Waals surface area contributed by atoms with Crippen LogP contribution < -0.4 is 4.90 Å². The first-order valence-electron chi connectivity index (χ1n) is 12.3. The molecule has 3 aliphatic rings. The van der Waals surface area contributed by atoms with Gasteiger partial charge in [-0.1, -0.05) is 0 Å². The van der Waals surface area contributed by atoms with E-state index in [1.54, 1.807) is 11.4 Å². The monoisotopic (exact) mass is 536 g/mol. The van der Waals surface area contributed by atoms with E-state index in [0.717, 1.165) is 29.7 Å². The van der Waals surface area contributed by atoms with E-state index >= 15 is 0 Å². The third kappa shape index (κ3) is 4.58. The molecule has 3 fully saturated rings. The van der Waals surface area contributed by atoms with Gasteiger partial charge in [0.2, 0.25) is 10.0 Å². The van der Waals surface area contributed by atoms with Gasteiger partial charge in [-0.05, 0) is 38.2 Å². The van der Waals surface area contributed by atoms with Gasteiger partial charge in [0.05, 0.1) is 22.7 Å². The number of nitriles is 1. The summed E-state index contributed by atoms with van der Waals surface area (Å²) in [5.41, 5.74) is 0.279. The van der Waals surface area contributed by atoms with E-state index in [1.807, 2.05) is 18.3 Å². The van der Waals surface area contributed by atoms with Crippen LogP contribution in [-0.2, 0) is 20.2 Å². The summed E-state index contributed by atoms with van der Waals surface area (Å²) >= 11 is 0. The van der Waals surface area contributed by atoms with Crippen molar-refractivity contribution in [2.45, 2.75) is 50.1 Å². The average molecular weight is 537 g/mol. The molecule has 1 aliphatic carbocycles. The molecule has 0 aromatic carbocycles. The third-order valence-corrected chi connectivity index (χ3v) is 11.6. The van der Waals surface area contributed by atoms with Crippen molar-refractivity contribution in [3.63, 3.8) is 0 Å². The Bertz CT molecular complexity index is 1370. The number of hydrogen-bond donors (Lipinski definition) is 1. The number of nitrogens with zero attached hydrogens (tertiary/aromatic N) is 7. The molecular weight excluding hydrogens is 504 g/mol. The van der Waals surface area contributed by atoms with Gasteiger partial charge in [-0.15, -0.1) is 0 Å². The Kier molecular flexibility index (Phi) is 6.71. The number of piperazine rings is 1. The van der Waals surface area contributed by atoms with Crippen molar-refractivity contribution < 1.29 is 16.8 Å². The number of nitrogens with one attached hydrogen (secondary N) is 1. The molecule has 2 saturated heterocycles. The largest absolute Gasteiger partial charge is 0.353 e. The van der Waals surface area contributed by atoms with Crippen LogP contribution in [0.25, 0.3) is 11.0 Å². The Labute approximate surface area is 212 Å². The number of aromatic amines is 1. The number of aromatic nitrogens is 3. The Morgan fingerprint density at radius 3 is 2.78 bits per heavy atom. The number of hydrogen-bond acceptors (Lipinski definition) is 8. The van der Waals surface area contributed by atoms with Gasteiger partial charge in [-0.25, -0.2) is 18.4 Å². The van der Waals surface area contributed by atoms with Crippen LogP contribution in [0.1, 0.15) is 38.5 Å². The molecule has 0 radical (unpaired) electrons. The molecule has 1 saturated carbocycles. The molecule has 2 aliphatic heterocycles. The van der Waals surface area contributed by atoms with Crippen LogP contribution in [0.3, 0.4) is 0 Å². The molecular formula is C22H32N8O4S2. The number of rotatable bonds is 9. The molecule has 1 spiro atoms. The average Bonchev–Trinajstić information content (AvgIpc) is 3.24. The maximum atomic E-state index is 13.7. The zero-order valence-corrected chi connectivity index (χ0v) is 22.0. The summed E-state index contributed by atoms with van der Waals surface area (Å²) in [5.74, 6) is 0.719. The van der Waals surface area contributed by atoms with Gasteiger partial charge in [0.25, 0.3) is 10.2 Å². The lowest BCUT2D eigenvalue weighted by Gasteiger charge is -2.43. The van der Waals surface area contributed by atoms with Crippen LogP contribution in [0, 0.1) is 11.3 Å². The Balaban J connectivity index is 1.28. The lowest BCUT2D eigenvalue weighted by molar-refractivity contribution is 0.242. The number of likely N-dealkylation sites (N-methyl/N-ethyl adjacent to an activating group) is 1. The number of fused-ring (bicyclic) bond motifs is 1. The highest BCUT2D eigenvalue weighted by Gasteiger charge is 2.57. The Morgan fingerprint density at radius 1 is 1.22 bits per heavy atom. The highest BCUT2D eigenvalue weighted by molar-refractivity contribution is 7.89. The van der Waals surface area contributed by atoms with Crippen LogP contribution in [0.2, 0.25) is 0 Å². The smallest absolute Gasteiger partial charge is 0.282 e. The lowest BCUT2D eigenvalue weighted by Crippen LogP contribution is -2.60. The molecule has 0 bridgehead atoms. The molecule has 196 valence electrons. The number of H-pyrrole nitrogens is 1. The maximum absolute atomic E-state index is 13.7. The first-order chi connectivity index (χ1) is 17.2. The van der Waals surface area contributed by atoms with Gasteiger partial charge < -0.3 is 9.88 Å². The van der Waals surface area contributed by atoms with E-state index in [0.29, 0.717) is 39.0 Å². The van der Waals surface area contributed by atoms with Gasteiger partial charge in [-0.2, -0.15) is 26.6 Å². The zero-order valence-electron chi connectivity index (χ0n) is 20.4. The summed E-state index contributed by atoms with van der Waals surface area (Å²) in [6, 6.07) is 3.52. The van der Waals surface area contributed by atoms with Crippen LogP contribution in [0.5, 0.6) is 0 Å². The first-order valence-corrected chi connectivity index (χ1v) is 15.3. The molecule has 2 aromatic rings. The predicted octanol–water partition coefficient (Wildman–Crippen LogP) is 0.887. The lowest BCUT2D eigenvalue weighted by atomic mass is 10.2. The predicted molar refractivity (Wildman–Crippen MR) is 135 cm³/mol. The van der Waals surface area contributed by atoms with E-state index in [9.17, 15) is 16.8 Å². The normalized spacial score (nSPS) is 23.0.